The Morgan fingerprint density at radius 1 is 0.967 bits per heavy atom. The van der Waals surface area contributed by atoms with Crippen LogP contribution in [-0.2, 0) is 14.3 Å². The number of carbonyl (C=O) groups excluding carboxylic acids is 3. The number of para-hydroxylation sites is 1. The first-order valence-corrected chi connectivity index (χ1v) is 9.95. The molecule has 1 amide bonds. The largest absolute Gasteiger partial charge is 0.494 e. The third kappa shape index (κ3) is 8.03. The number of ether oxygens (including phenoxy) is 2. The summed E-state index contributed by atoms with van der Waals surface area (Å²) in [6, 6.07) is 12.4. The Bertz CT molecular complexity index is 851. The number of hydrogen-bond acceptors (Lipinski definition) is 5. The summed E-state index contributed by atoms with van der Waals surface area (Å²) in [7, 11) is 0. The summed E-state index contributed by atoms with van der Waals surface area (Å²) in [5.41, 5.74) is 0.479. The van der Waals surface area contributed by atoms with Crippen molar-refractivity contribution in [3.05, 3.63) is 59.9 Å². The summed E-state index contributed by atoms with van der Waals surface area (Å²) in [5.74, 6) is -1.43. The Labute approximate surface area is 175 Å². The molecule has 0 saturated carbocycles. The van der Waals surface area contributed by atoms with Gasteiger partial charge < -0.3 is 14.8 Å². The molecular formula is C23H26FNO5. The first-order chi connectivity index (χ1) is 14.5. The van der Waals surface area contributed by atoms with Crippen molar-refractivity contribution in [2.24, 2.45) is 0 Å². The number of Topliss-reactive ketones (excluding diaryl/α,β-unsaturated/α-hetero) is 1. The SMILES string of the molecule is CCCCCOc1ccc(C(=O)CCC(=O)OCC(=O)Nc2ccccc2F)cc1. The molecule has 0 saturated heterocycles. The van der Waals surface area contributed by atoms with Crippen LogP contribution in [0.3, 0.4) is 0 Å². The zero-order chi connectivity index (χ0) is 21.8. The van der Waals surface area contributed by atoms with Crippen LogP contribution in [-0.4, -0.2) is 30.9 Å². The van der Waals surface area contributed by atoms with Gasteiger partial charge in [0.1, 0.15) is 11.6 Å². The molecule has 2 rings (SSSR count). The highest BCUT2D eigenvalue weighted by Gasteiger charge is 2.13. The Kier molecular flexibility index (Phi) is 9.51. The third-order valence-corrected chi connectivity index (χ3v) is 4.26. The van der Waals surface area contributed by atoms with Gasteiger partial charge >= 0.3 is 5.97 Å². The highest BCUT2D eigenvalue weighted by molar-refractivity contribution is 5.98. The van der Waals surface area contributed by atoms with Crippen molar-refractivity contribution in [2.75, 3.05) is 18.5 Å². The van der Waals surface area contributed by atoms with Crippen LogP contribution in [0.5, 0.6) is 5.75 Å². The lowest BCUT2D eigenvalue weighted by Crippen LogP contribution is -2.21. The molecule has 7 heteroatoms. The van der Waals surface area contributed by atoms with Gasteiger partial charge in [-0.15, -0.1) is 0 Å². The minimum absolute atomic E-state index is 0.00603. The molecular weight excluding hydrogens is 389 g/mol. The summed E-state index contributed by atoms with van der Waals surface area (Å²) in [6.07, 6.45) is 3.02. The maximum Gasteiger partial charge on any atom is 0.306 e. The van der Waals surface area contributed by atoms with Crippen molar-refractivity contribution < 1.29 is 28.2 Å². The topological polar surface area (TPSA) is 81.7 Å². The van der Waals surface area contributed by atoms with Gasteiger partial charge in [0.15, 0.2) is 12.4 Å². The van der Waals surface area contributed by atoms with E-state index in [1.807, 2.05) is 0 Å². The number of ketones is 1. The lowest BCUT2D eigenvalue weighted by molar-refractivity contribution is -0.147. The van der Waals surface area contributed by atoms with Gasteiger partial charge in [-0.3, -0.25) is 14.4 Å². The van der Waals surface area contributed by atoms with E-state index >= 15 is 0 Å². The van der Waals surface area contributed by atoms with Crippen molar-refractivity contribution in [1.82, 2.24) is 0 Å². The average molecular weight is 415 g/mol. The number of benzene rings is 2. The smallest absolute Gasteiger partial charge is 0.306 e. The summed E-state index contributed by atoms with van der Waals surface area (Å²) < 4.78 is 23.9. The zero-order valence-corrected chi connectivity index (χ0v) is 17.0. The van der Waals surface area contributed by atoms with Crippen molar-refractivity contribution in [3.63, 3.8) is 0 Å². The number of esters is 1. The van der Waals surface area contributed by atoms with Crippen molar-refractivity contribution in [1.29, 1.82) is 0 Å². The van der Waals surface area contributed by atoms with Crippen LogP contribution in [0.2, 0.25) is 0 Å². The minimum Gasteiger partial charge on any atom is -0.494 e. The van der Waals surface area contributed by atoms with Crippen molar-refractivity contribution in [2.45, 2.75) is 39.0 Å². The Morgan fingerprint density at radius 3 is 2.40 bits per heavy atom. The quantitative estimate of drug-likeness (QED) is 0.313. The number of hydrogen-bond donors (Lipinski definition) is 1. The first-order valence-electron chi connectivity index (χ1n) is 9.95. The van der Waals surface area contributed by atoms with Crippen LogP contribution in [0.1, 0.15) is 49.4 Å². The van der Waals surface area contributed by atoms with E-state index < -0.39 is 24.3 Å². The molecule has 6 nitrogen and oxygen atoms in total. The van der Waals surface area contributed by atoms with E-state index in [-0.39, 0.29) is 24.3 Å². The molecule has 0 bridgehead atoms. The number of nitrogens with one attached hydrogen (secondary N) is 1. The van der Waals surface area contributed by atoms with Gasteiger partial charge in [0.25, 0.3) is 5.91 Å². The highest BCUT2D eigenvalue weighted by Crippen LogP contribution is 2.15. The molecule has 0 atom stereocenters. The van der Waals surface area contributed by atoms with Gasteiger partial charge in [0.2, 0.25) is 0 Å². The molecule has 0 aliphatic heterocycles. The van der Waals surface area contributed by atoms with Crippen molar-refractivity contribution in [3.8, 4) is 5.75 Å². The number of amides is 1. The van der Waals surface area contributed by atoms with E-state index in [9.17, 15) is 18.8 Å². The molecule has 0 aromatic heterocycles. The van der Waals surface area contributed by atoms with Gasteiger partial charge in [0, 0.05) is 12.0 Å². The van der Waals surface area contributed by atoms with E-state index in [1.165, 1.54) is 18.2 Å². The molecule has 0 spiro atoms. The molecule has 2 aromatic rings. The summed E-state index contributed by atoms with van der Waals surface area (Å²) in [6.45, 7) is 2.21. The van der Waals surface area contributed by atoms with Crippen LogP contribution in [0, 0.1) is 5.82 Å². The molecule has 0 radical (unpaired) electrons. The number of halogens is 1. The van der Waals surface area contributed by atoms with Crippen LogP contribution in [0.25, 0.3) is 0 Å². The molecule has 30 heavy (non-hydrogen) atoms. The van der Waals surface area contributed by atoms with Gasteiger partial charge in [0.05, 0.1) is 18.7 Å². The second-order valence-corrected chi connectivity index (χ2v) is 6.69. The standard InChI is InChI=1S/C23H26FNO5/c1-2-3-6-15-29-18-11-9-17(10-12-18)21(26)13-14-23(28)30-16-22(27)25-20-8-5-4-7-19(20)24/h4-5,7-12H,2-3,6,13-16H2,1H3,(H,25,27). The Balaban J connectivity index is 1.69. The Hall–Kier alpha value is -3.22. The number of carbonyl (C=O) groups is 3. The van der Waals surface area contributed by atoms with E-state index in [0.717, 1.165) is 19.3 Å². The lowest BCUT2D eigenvalue weighted by Gasteiger charge is -2.08. The molecule has 0 unspecified atom stereocenters. The van der Waals surface area contributed by atoms with E-state index in [2.05, 4.69) is 12.2 Å². The molecule has 0 aliphatic carbocycles. The Morgan fingerprint density at radius 2 is 1.70 bits per heavy atom. The fourth-order valence-corrected chi connectivity index (χ4v) is 2.61. The fraction of sp³-hybridized carbons (Fsp3) is 0.348. The van der Waals surface area contributed by atoms with Crippen LogP contribution >= 0.6 is 0 Å². The lowest BCUT2D eigenvalue weighted by atomic mass is 10.1. The number of unbranched alkanes of at least 4 members (excludes halogenated alkanes) is 2. The molecule has 0 fully saturated rings. The second-order valence-electron chi connectivity index (χ2n) is 6.69. The van der Waals surface area contributed by atoms with Gasteiger partial charge in [-0.2, -0.15) is 0 Å². The zero-order valence-electron chi connectivity index (χ0n) is 17.0. The maximum atomic E-state index is 13.5. The maximum absolute atomic E-state index is 13.5. The van der Waals surface area contributed by atoms with Gasteiger partial charge in [-0.1, -0.05) is 31.9 Å². The van der Waals surface area contributed by atoms with Crippen LogP contribution in [0.15, 0.2) is 48.5 Å². The third-order valence-electron chi connectivity index (χ3n) is 4.26. The van der Waals surface area contributed by atoms with E-state index in [1.54, 1.807) is 30.3 Å². The highest BCUT2D eigenvalue weighted by atomic mass is 19.1. The monoisotopic (exact) mass is 415 g/mol. The summed E-state index contributed by atoms with van der Waals surface area (Å²) >= 11 is 0. The predicted molar refractivity (Wildman–Crippen MR) is 111 cm³/mol. The molecule has 0 aliphatic rings. The molecule has 1 N–H and O–H groups in total. The summed E-state index contributed by atoms with van der Waals surface area (Å²) in [4.78, 5) is 35.7. The van der Waals surface area contributed by atoms with Crippen molar-refractivity contribution >= 4 is 23.3 Å². The average Bonchev–Trinajstić information content (AvgIpc) is 2.75. The predicted octanol–water partition coefficient (Wildman–Crippen LogP) is 4.54. The van der Waals surface area contributed by atoms with Crippen LogP contribution < -0.4 is 10.1 Å². The molecule has 2 aromatic carbocycles. The second kappa shape index (κ2) is 12.4. The van der Waals surface area contributed by atoms with E-state index in [4.69, 9.17) is 9.47 Å². The number of anilines is 1. The fourth-order valence-electron chi connectivity index (χ4n) is 2.61. The number of rotatable bonds is 12. The summed E-state index contributed by atoms with van der Waals surface area (Å²) in [5, 5.41) is 2.31. The molecule has 160 valence electrons. The normalized spacial score (nSPS) is 10.3. The first kappa shape index (κ1) is 23.1. The minimum atomic E-state index is -0.678. The van der Waals surface area contributed by atoms with Crippen LogP contribution in [0.4, 0.5) is 10.1 Å². The molecule has 0 heterocycles. The van der Waals surface area contributed by atoms with Gasteiger partial charge in [-0.25, -0.2) is 4.39 Å². The van der Waals surface area contributed by atoms with Gasteiger partial charge in [-0.05, 0) is 42.8 Å². The van der Waals surface area contributed by atoms with E-state index in [0.29, 0.717) is 17.9 Å².